The lowest BCUT2D eigenvalue weighted by Crippen LogP contribution is -2.47. The molecule has 3 rings (SSSR count). The van der Waals surface area contributed by atoms with Gasteiger partial charge in [0.05, 0.1) is 11.7 Å². The lowest BCUT2D eigenvalue weighted by molar-refractivity contribution is -0.149. The van der Waals surface area contributed by atoms with E-state index in [0.29, 0.717) is 16.9 Å². The summed E-state index contributed by atoms with van der Waals surface area (Å²) in [5.41, 5.74) is 1.09. The Balaban J connectivity index is 1.72. The van der Waals surface area contributed by atoms with E-state index < -0.39 is 0 Å². The summed E-state index contributed by atoms with van der Waals surface area (Å²) in [7, 11) is 0. The maximum Gasteiger partial charge on any atom is 0.0775 e. The van der Waals surface area contributed by atoms with Crippen LogP contribution < -0.4 is 0 Å². The van der Waals surface area contributed by atoms with E-state index in [1.807, 2.05) is 0 Å². The highest BCUT2D eigenvalue weighted by atomic mass is 127. The molecule has 3 aliphatic rings. The highest BCUT2D eigenvalue weighted by Crippen LogP contribution is 2.67. The third-order valence-corrected chi connectivity index (χ3v) is 9.33. The largest absolute Gasteiger partial charge is 0.370 e. The van der Waals surface area contributed by atoms with E-state index in [-0.39, 0.29) is 5.60 Å². The summed E-state index contributed by atoms with van der Waals surface area (Å²) in [5.74, 6) is 1.85. The van der Waals surface area contributed by atoms with Gasteiger partial charge in [0.25, 0.3) is 0 Å². The number of halogens is 1. The molecule has 2 bridgehead atoms. The molecule has 3 fully saturated rings. The van der Waals surface area contributed by atoms with E-state index in [1.165, 1.54) is 55.8 Å². The topological polar surface area (TPSA) is 9.23 Å². The number of hydrogen-bond donors (Lipinski definition) is 0. The zero-order valence-corrected chi connectivity index (χ0v) is 16.5. The van der Waals surface area contributed by atoms with E-state index in [0.717, 1.165) is 11.8 Å². The molecule has 0 amide bonds. The molecule has 0 saturated heterocycles. The average Bonchev–Trinajstić information content (AvgIpc) is 2.81. The lowest BCUT2D eigenvalue weighted by Gasteiger charge is -2.46. The molecule has 3 unspecified atom stereocenters. The molecule has 3 aliphatic carbocycles. The van der Waals surface area contributed by atoms with E-state index in [2.05, 4.69) is 50.3 Å². The Kier molecular flexibility index (Phi) is 4.45. The maximum absolute atomic E-state index is 6.95. The Labute approximate surface area is 145 Å². The predicted octanol–water partition coefficient (Wildman–Crippen LogP) is 5.99. The summed E-state index contributed by atoms with van der Waals surface area (Å²) in [4.78, 5) is 0. The van der Waals surface area contributed by atoms with Crippen LogP contribution in [0.25, 0.3) is 0 Å². The number of hydrogen-bond acceptors (Lipinski definition) is 1. The molecule has 2 heteroatoms. The van der Waals surface area contributed by atoms with Crippen molar-refractivity contribution in [2.75, 3.05) is 4.43 Å². The summed E-state index contributed by atoms with van der Waals surface area (Å²) in [6, 6.07) is 0. The minimum atomic E-state index is 0.195. The van der Waals surface area contributed by atoms with Crippen molar-refractivity contribution in [2.24, 2.45) is 22.7 Å². The molecule has 0 aromatic heterocycles. The van der Waals surface area contributed by atoms with Gasteiger partial charge in [0.1, 0.15) is 0 Å². The van der Waals surface area contributed by atoms with Crippen LogP contribution in [0.15, 0.2) is 0 Å². The van der Waals surface area contributed by atoms with Crippen LogP contribution in [-0.4, -0.2) is 16.1 Å². The van der Waals surface area contributed by atoms with Gasteiger partial charge in [0.2, 0.25) is 0 Å². The van der Waals surface area contributed by atoms with Gasteiger partial charge in [-0.15, -0.1) is 0 Å². The summed E-state index contributed by atoms with van der Waals surface area (Å²) >= 11 is 2.58. The quantitative estimate of drug-likeness (QED) is 0.413. The van der Waals surface area contributed by atoms with Gasteiger partial charge in [-0.3, -0.25) is 0 Å². The summed E-state index contributed by atoms with van der Waals surface area (Å²) in [5, 5.41) is 0. The van der Waals surface area contributed by atoms with Crippen LogP contribution in [0.4, 0.5) is 0 Å². The Morgan fingerprint density at radius 3 is 2.14 bits per heavy atom. The van der Waals surface area contributed by atoms with Crippen molar-refractivity contribution in [3.05, 3.63) is 0 Å². The van der Waals surface area contributed by atoms with Crippen molar-refractivity contribution in [1.29, 1.82) is 0 Å². The average molecular weight is 404 g/mol. The standard InChI is InChI=1S/C19H33IO/c1-5-14-6-10-19(13-20,11-7-14)21-16-12-15-8-9-18(16,4)17(15,2)3/h14-16H,5-13H2,1-4H3. The fraction of sp³-hybridized carbons (Fsp3) is 1.00. The second-order valence-electron chi connectivity index (χ2n) is 8.89. The molecule has 0 aromatic rings. The number of fused-ring (bicyclic) bond motifs is 2. The van der Waals surface area contributed by atoms with Crippen LogP contribution in [0, 0.1) is 22.7 Å². The van der Waals surface area contributed by atoms with Gasteiger partial charge < -0.3 is 4.74 Å². The van der Waals surface area contributed by atoms with Crippen molar-refractivity contribution in [3.8, 4) is 0 Å². The third kappa shape index (κ3) is 2.51. The van der Waals surface area contributed by atoms with Crippen LogP contribution in [0.1, 0.15) is 79.1 Å². The van der Waals surface area contributed by atoms with E-state index in [1.54, 1.807) is 0 Å². The first-order chi connectivity index (χ1) is 9.87. The summed E-state index contributed by atoms with van der Waals surface area (Å²) < 4.78 is 8.13. The Bertz CT molecular complexity index is 383. The van der Waals surface area contributed by atoms with Gasteiger partial charge in [-0.2, -0.15) is 0 Å². The van der Waals surface area contributed by atoms with Crippen molar-refractivity contribution in [3.63, 3.8) is 0 Å². The smallest absolute Gasteiger partial charge is 0.0775 e. The number of ether oxygens (including phenoxy) is 1. The Hall–Kier alpha value is 0.690. The molecule has 0 spiro atoms. The van der Waals surface area contributed by atoms with Crippen LogP contribution in [-0.2, 0) is 4.74 Å². The summed E-state index contributed by atoms with van der Waals surface area (Å²) in [6.45, 7) is 9.86. The molecule has 21 heavy (non-hydrogen) atoms. The SMILES string of the molecule is CCC1CCC(CI)(OC2CC3CCC2(C)C3(C)C)CC1. The minimum absolute atomic E-state index is 0.195. The predicted molar refractivity (Wildman–Crippen MR) is 98.0 cm³/mol. The van der Waals surface area contributed by atoms with Gasteiger partial charge in [-0.05, 0) is 67.6 Å². The maximum atomic E-state index is 6.95. The van der Waals surface area contributed by atoms with Gasteiger partial charge in [0.15, 0.2) is 0 Å². The second-order valence-corrected chi connectivity index (χ2v) is 9.65. The van der Waals surface area contributed by atoms with Crippen molar-refractivity contribution in [1.82, 2.24) is 0 Å². The van der Waals surface area contributed by atoms with Crippen LogP contribution in [0.3, 0.4) is 0 Å². The molecular weight excluding hydrogens is 371 g/mol. The molecule has 0 radical (unpaired) electrons. The Morgan fingerprint density at radius 2 is 1.71 bits per heavy atom. The Morgan fingerprint density at radius 1 is 1.05 bits per heavy atom. The number of rotatable bonds is 4. The van der Waals surface area contributed by atoms with E-state index in [9.17, 15) is 0 Å². The molecule has 0 N–H and O–H groups in total. The third-order valence-electron chi connectivity index (χ3n) is 7.94. The fourth-order valence-corrected chi connectivity index (χ4v) is 6.45. The molecule has 0 aromatic carbocycles. The monoisotopic (exact) mass is 404 g/mol. The van der Waals surface area contributed by atoms with Crippen molar-refractivity contribution in [2.45, 2.75) is 90.8 Å². The lowest BCUT2D eigenvalue weighted by atomic mass is 9.69. The first kappa shape index (κ1) is 16.5. The van der Waals surface area contributed by atoms with E-state index in [4.69, 9.17) is 4.74 Å². The van der Waals surface area contributed by atoms with Gasteiger partial charge >= 0.3 is 0 Å². The fourth-order valence-electron chi connectivity index (χ4n) is 5.51. The van der Waals surface area contributed by atoms with E-state index >= 15 is 0 Å². The van der Waals surface area contributed by atoms with Crippen LogP contribution in [0.5, 0.6) is 0 Å². The molecule has 0 heterocycles. The summed E-state index contributed by atoms with van der Waals surface area (Å²) in [6.07, 6.45) is 11.4. The molecular formula is C19H33IO. The molecule has 3 atom stereocenters. The molecule has 122 valence electrons. The van der Waals surface area contributed by atoms with Crippen molar-refractivity contribution >= 4 is 22.6 Å². The molecule has 1 nitrogen and oxygen atoms in total. The van der Waals surface area contributed by atoms with Crippen LogP contribution >= 0.6 is 22.6 Å². The van der Waals surface area contributed by atoms with Crippen LogP contribution in [0.2, 0.25) is 0 Å². The van der Waals surface area contributed by atoms with Gasteiger partial charge in [-0.25, -0.2) is 0 Å². The highest BCUT2D eigenvalue weighted by Gasteiger charge is 2.63. The van der Waals surface area contributed by atoms with Crippen molar-refractivity contribution < 1.29 is 4.74 Å². The minimum Gasteiger partial charge on any atom is -0.370 e. The first-order valence-corrected chi connectivity index (χ1v) is 10.6. The second kappa shape index (κ2) is 5.65. The van der Waals surface area contributed by atoms with Gasteiger partial charge in [-0.1, -0.05) is 56.7 Å². The molecule has 0 aliphatic heterocycles. The highest BCUT2D eigenvalue weighted by molar-refractivity contribution is 14.1. The van der Waals surface area contributed by atoms with Gasteiger partial charge in [0, 0.05) is 4.43 Å². The first-order valence-electron chi connectivity index (χ1n) is 9.11. The molecule has 3 saturated carbocycles. The number of alkyl halides is 1. The normalized spacial score (nSPS) is 48.7. The zero-order chi connectivity index (χ0) is 15.3. The zero-order valence-electron chi connectivity index (χ0n) is 14.4.